The maximum absolute atomic E-state index is 5.97. The van der Waals surface area contributed by atoms with E-state index in [9.17, 15) is 0 Å². The topological polar surface area (TPSA) is 57.0 Å². The lowest BCUT2D eigenvalue weighted by atomic mass is 10.0. The van der Waals surface area contributed by atoms with Gasteiger partial charge in [-0.1, -0.05) is 0 Å². The fourth-order valence-corrected chi connectivity index (χ4v) is 1.87. The molecule has 1 heterocycles. The largest absolute Gasteiger partial charge is 0.383 e. The molecule has 0 aromatic rings. The number of ether oxygens (including phenoxy) is 3. The summed E-state index contributed by atoms with van der Waals surface area (Å²) in [4.78, 5) is 2.33. The summed E-state index contributed by atoms with van der Waals surface area (Å²) in [6, 6.07) is 0.174. The first-order valence-corrected chi connectivity index (χ1v) is 5.81. The van der Waals surface area contributed by atoms with Gasteiger partial charge in [0.05, 0.1) is 26.4 Å². The van der Waals surface area contributed by atoms with Gasteiger partial charge in [0.1, 0.15) is 0 Å². The summed E-state index contributed by atoms with van der Waals surface area (Å²) in [6.07, 6.45) is 0. The van der Waals surface area contributed by atoms with Crippen LogP contribution >= 0.6 is 0 Å². The van der Waals surface area contributed by atoms with E-state index in [-0.39, 0.29) is 6.04 Å². The maximum Gasteiger partial charge on any atom is 0.0621 e. The molecule has 5 nitrogen and oxygen atoms in total. The third-order valence-electron chi connectivity index (χ3n) is 2.96. The van der Waals surface area contributed by atoms with Gasteiger partial charge in [0, 0.05) is 45.8 Å². The van der Waals surface area contributed by atoms with Crippen molar-refractivity contribution in [3.8, 4) is 0 Å². The second-order valence-electron chi connectivity index (χ2n) is 4.25. The minimum atomic E-state index is 0.174. The van der Waals surface area contributed by atoms with Gasteiger partial charge < -0.3 is 19.9 Å². The zero-order chi connectivity index (χ0) is 11.8. The number of rotatable bonds is 8. The van der Waals surface area contributed by atoms with Crippen LogP contribution in [0.4, 0.5) is 0 Å². The Morgan fingerprint density at radius 2 is 1.81 bits per heavy atom. The lowest BCUT2D eigenvalue weighted by molar-refractivity contribution is 0.0988. The summed E-state index contributed by atoms with van der Waals surface area (Å²) >= 11 is 0. The van der Waals surface area contributed by atoms with Gasteiger partial charge in [0.15, 0.2) is 0 Å². The van der Waals surface area contributed by atoms with Crippen molar-refractivity contribution in [2.45, 2.75) is 6.04 Å². The average Bonchev–Trinajstić information content (AvgIpc) is 2.68. The van der Waals surface area contributed by atoms with Crippen LogP contribution in [0.25, 0.3) is 0 Å². The van der Waals surface area contributed by atoms with Crippen molar-refractivity contribution >= 4 is 0 Å². The smallest absolute Gasteiger partial charge is 0.0621 e. The Balaban J connectivity index is 2.29. The van der Waals surface area contributed by atoms with Crippen molar-refractivity contribution in [1.82, 2.24) is 4.90 Å². The highest BCUT2D eigenvalue weighted by molar-refractivity contribution is 4.80. The van der Waals surface area contributed by atoms with Gasteiger partial charge in [-0.25, -0.2) is 0 Å². The summed E-state index contributed by atoms with van der Waals surface area (Å²) in [5.41, 5.74) is 5.97. The number of hydrogen-bond acceptors (Lipinski definition) is 5. The van der Waals surface area contributed by atoms with Crippen LogP contribution < -0.4 is 5.73 Å². The molecular formula is C11H24N2O3. The Hall–Kier alpha value is -0.200. The van der Waals surface area contributed by atoms with Crippen LogP contribution in [0.1, 0.15) is 0 Å². The van der Waals surface area contributed by atoms with Crippen molar-refractivity contribution in [3.63, 3.8) is 0 Å². The molecule has 0 bridgehead atoms. The Morgan fingerprint density at radius 3 is 2.25 bits per heavy atom. The number of hydrogen-bond donors (Lipinski definition) is 1. The van der Waals surface area contributed by atoms with Crippen molar-refractivity contribution in [2.75, 3.05) is 60.3 Å². The molecular weight excluding hydrogens is 208 g/mol. The molecule has 96 valence electrons. The first-order valence-electron chi connectivity index (χ1n) is 5.81. The van der Waals surface area contributed by atoms with Crippen LogP contribution in [0.2, 0.25) is 0 Å². The summed E-state index contributed by atoms with van der Waals surface area (Å²) < 4.78 is 15.6. The van der Waals surface area contributed by atoms with Gasteiger partial charge in [0.2, 0.25) is 0 Å². The SMILES string of the molecule is COCCN(CCOC)CC1COCC1N. The van der Waals surface area contributed by atoms with Crippen LogP contribution in [-0.4, -0.2) is 71.2 Å². The highest BCUT2D eigenvalue weighted by Crippen LogP contribution is 2.13. The Kier molecular flexibility index (Phi) is 6.91. The predicted octanol–water partition coefficient (Wildman–Crippen LogP) is -0.445. The van der Waals surface area contributed by atoms with Gasteiger partial charge >= 0.3 is 0 Å². The van der Waals surface area contributed by atoms with Crippen LogP contribution in [0.5, 0.6) is 0 Å². The van der Waals surface area contributed by atoms with Crippen molar-refractivity contribution in [1.29, 1.82) is 0 Å². The Bertz CT molecular complexity index is 173. The van der Waals surface area contributed by atoms with Gasteiger partial charge in [-0.2, -0.15) is 0 Å². The fourth-order valence-electron chi connectivity index (χ4n) is 1.87. The van der Waals surface area contributed by atoms with E-state index in [1.165, 1.54) is 0 Å². The molecule has 0 aromatic carbocycles. The predicted molar refractivity (Wildman–Crippen MR) is 62.5 cm³/mol. The molecule has 1 fully saturated rings. The molecule has 0 radical (unpaired) electrons. The molecule has 0 amide bonds. The Morgan fingerprint density at radius 1 is 1.19 bits per heavy atom. The fraction of sp³-hybridized carbons (Fsp3) is 1.00. The molecule has 5 heteroatoms. The molecule has 0 spiro atoms. The molecule has 1 saturated heterocycles. The second kappa shape index (κ2) is 7.97. The zero-order valence-electron chi connectivity index (χ0n) is 10.4. The monoisotopic (exact) mass is 232 g/mol. The molecule has 2 atom stereocenters. The van der Waals surface area contributed by atoms with Crippen molar-refractivity contribution < 1.29 is 14.2 Å². The average molecular weight is 232 g/mol. The Labute approximate surface area is 97.8 Å². The van der Waals surface area contributed by atoms with Gasteiger partial charge in [-0.05, 0) is 0 Å². The van der Waals surface area contributed by atoms with E-state index in [4.69, 9.17) is 19.9 Å². The van der Waals surface area contributed by atoms with Crippen LogP contribution in [0.3, 0.4) is 0 Å². The molecule has 1 rings (SSSR count). The molecule has 0 aromatic heterocycles. The van der Waals surface area contributed by atoms with E-state index >= 15 is 0 Å². The zero-order valence-corrected chi connectivity index (χ0v) is 10.4. The van der Waals surface area contributed by atoms with E-state index in [0.717, 1.165) is 39.5 Å². The minimum Gasteiger partial charge on any atom is -0.383 e. The lowest BCUT2D eigenvalue weighted by Gasteiger charge is -2.25. The highest BCUT2D eigenvalue weighted by Gasteiger charge is 2.26. The van der Waals surface area contributed by atoms with Gasteiger partial charge in [-0.15, -0.1) is 0 Å². The maximum atomic E-state index is 5.97. The lowest BCUT2D eigenvalue weighted by Crippen LogP contribution is -2.41. The number of nitrogens with two attached hydrogens (primary N) is 1. The van der Waals surface area contributed by atoms with E-state index in [0.29, 0.717) is 12.5 Å². The number of methoxy groups -OCH3 is 2. The molecule has 16 heavy (non-hydrogen) atoms. The first kappa shape index (κ1) is 13.9. The van der Waals surface area contributed by atoms with Crippen LogP contribution in [0, 0.1) is 5.92 Å². The van der Waals surface area contributed by atoms with Crippen LogP contribution in [-0.2, 0) is 14.2 Å². The molecule has 1 aliphatic rings. The first-order chi connectivity index (χ1) is 7.77. The van der Waals surface area contributed by atoms with Crippen LogP contribution in [0.15, 0.2) is 0 Å². The molecule has 0 aliphatic carbocycles. The molecule has 0 saturated carbocycles. The standard InChI is InChI=1S/C11H24N2O3/c1-14-5-3-13(4-6-15-2)7-10-8-16-9-11(10)12/h10-11H,3-9,12H2,1-2H3. The van der Waals surface area contributed by atoms with E-state index in [1.807, 2.05) is 0 Å². The summed E-state index contributed by atoms with van der Waals surface area (Å²) in [6.45, 7) is 5.75. The quantitative estimate of drug-likeness (QED) is 0.614. The summed E-state index contributed by atoms with van der Waals surface area (Å²) in [5, 5.41) is 0. The van der Waals surface area contributed by atoms with E-state index < -0.39 is 0 Å². The second-order valence-corrected chi connectivity index (χ2v) is 4.25. The van der Waals surface area contributed by atoms with Crippen molar-refractivity contribution in [2.24, 2.45) is 11.7 Å². The molecule has 2 N–H and O–H groups in total. The minimum absolute atomic E-state index is 0.174. The third-order valence-corrected chi connectivity index (χ3v) is 2.96. The van der Waals surface area contributed by atoms with Gasteiger partial charge in [-0.3, -0.25) is 4.90 Å². The number of nitrogens with zero attached hydrogens (tertiary/aromatic N) is 1. The summed E-state index contributed by atoms with van der Waals surface area (Å²) in [5.74, 6) is 0.439. The molecule has 1 aliphatic heterocycles. The third kappa shape index (κ3) is 4.76. The van der Waals surface area contributed by atoms with Gasteiger partial charge in [0.25, 0.3) is 0 Å². The summed E-state index contributed by atoms with van der Waals surface area (Å²) in [7, 11) is 3.44. The molecule has 2 unspecified atom stereocenters. The van der Waals surface area contributed by atoms with E-state index in [1.54, 1.807) is 14.2 Å². The van der Waals surface area contributed by atoms with Crippen molar-refractivity contribution in [3.05, 3.63) is 0 Å². The normalized spacial score (nSPS) is 25.5. The van der Waals surface area contributed by atoms with E-state index in [2.05, 4.69) is 4.90 Å². The highest BCUT2D eigenvalue weighted by atomic mass is 16.5.